The molecule has 0 radical (unpaired) electrons. The predicted molar refractivity (Wildman–Crippen MR) is 106 cm³/mol. The highest BCUT2D eigenvalue weighted by molar-refractivity contribution is 7.17. The molecule has 0 saturated carbocycles. The van der Waals surface area contributed by atoms with E-state index in [2.05, 4.69) is 16.3 Å². The van der Waals surface area contributed by atoms with Gasteiger partial charge in [0.25, 0.3) is 0 Å². The standard InChI is InChI=1S/C21H12ClN3S/c22-19-11-5-10-17(18(19)13-23)15-8-4-9-16(12-15)21-25-24-20(26-21)14-6-2-1-3-7-14/h1-12H. The molecule has 0 fully saturated rings. The van der Waals surface area contributed by atoms with Crippen LogP contribution in [0, 0.1) is 11.3 Å². The van der Waals surface area contributed by atoms with Gasteiger partial charge in [-0.2, -0.15) is 5.26 Å². The van der Waals surface area contributed by atoms with Crippen molar-refractivity contribution in [2.45, 2.75) is 0 Å². The summed E-state index contributed by atoms with van der Waals surface area (Å²) in [5.41, 5.74) is 4.24. The highest BCUT2D eigenvalue weighted by atomic mass is 35.5. The van der Waals surface area contributed by atoms with Crippen LogP contribution in [0.4, 0.5) is 0 Å². The lowest BCUT2D eigenvalue weighted by Crippen LogP contribution is -1.86. The topological polar surface area (TPSA) is 49.6 Å². The van der Waals surface area contributed by atoms with Crippen LogP contribution in [-0.4, -0.2) is 10.2 Å². The second kappa shape index (κ2) is 7.09. The molecule has 0 unspecified atom stereocenters. The molecule has 3 nitrogen and oxygen atoms in total. The van der Waals surface area contributed by atoms with Crippen molar-refractivity contribution in [2.75, 3.05) is 0 Å². The summed E-state index contributed by atoms with van der Waals surface area (Å²) in [7, 11) is 0. The zero-order valence-corrected chi connectivity index (χ0v) is 15.1. The molecule has 4 aromatic rings. The van der Waals surface area contributed by atoms with Crippen molar-refractivity contribution in [3.05, 3.63) is 83.4 Å². The molecule has 1 heterocycles. The van der Waals surface area contributed by atoms with Crippen LogP contribution in [0.5, 0.6) is 0 Å². The van der Waals surface area contributed by atoms with Gasteiger partial charge in [0.05, 0.1) is 10.6 Å². The third-order valence-electron chi connectivity index (χ3n) is 3.99. The lowest BCUT2D eigenvalue weighted by Gasteiger charge is -2.07. The molecule has 0 aliphatic heterocycles. The zero-order chi connectivity index (χ0) is 17.9. The van der Waals surface area contributed by atoms with Gasteiger partial charge in [0.15, 0.2) is 0 Å². The molecule has 124 valence electrons. The quantitative estimate of drug-likeness (QED) is 0.438. The summed E-state index contributed by atoms with van der Waals surface area (Å²) in [6.45, 7) is 0. The Balaban J connectivity index is 1.75. The van der Waals surface area contributed by atoms with E-state index in [9.17, 15) is 5.26 Å². The van der Waals surface area contributed by atoms with Crippen LogP contribution in [0.2, 0.25) is 5.02 Å². The van der Waals surface area contributed by atoms with E-state index in [1.807, 2.05) is 66.7 Å². The van der Waals surface area contributed by atoms with E-state index in [1.165, 1.54) is 0 Å². The minimum absolute atomic E-state index is 0.456. The third kappa shape index (κ3) is 3.11. The third-order valence-corrected chi connectivity index (χ3v) is 5.33. The van der Waals surface area contributed by atoms with Crippen molar-refractivity contribution in [1.29, 1.82) is 5.26 Å². The van der Waals surface area contributed by atoms with E-state index >= 15 is 0 Å². The van der Waals surface area contributed by atoms with Crippen LogP contribution in [0.25, 0.3) is 32.3 Å². The van der Waals surface area contributed by atoms with Crippen LogP contribution >= 0.6 is 22.9 Å². The molecule has 3 aromatic carbocycles. The van der Waals surface area contributed by atoms with Gasteiger partial charge in [0.1, 0.15) is 16.1 Å². The fourth-order valence-electron chi connectivity index (χ4n) is 2.74. The minimum Gasteiger partial charge on any atom is -0.192 e. The van der Waals surface area contributed by atoms with Crippen LogP contribution in [-0.2, 0) is 0 Å². The number of nitriles is 1. The SMILES string of the molecule is N#Cc1c(Cl)cccc1-c1cccc(-c2nnc(-c3ccccc3)s2)c1. The molecule has 5 heteroatoms. The monoisotopic (exact) mass is 373 g/mol. The van der Waals surface area contributed by atoms with Gasteiger partial charge < -0.3 is 0 Å². The van der Waals surface area contributed by atoms with E-state index in [0.29, 0.717) is 10.6 Å². The largest absolute Gasteiger partial charge is 0.192 e. The van der Waals surface area contributed by atoms with Gasteiger partial charge >= 0.3 is 0 Å². The zero-order valence-electron chi connectivity index (χ0n) is 13.6. The first kappa shape index (κ1) is 16.5. The summed E-state index contributed by atoms with van der Waals surface area (Å²) in [5, 5.41) is 20.2. The maximum atomic E-state index is 9.42. The summed E-state index contributed by atoms with van der Waals surface area (Å²) >= 11 is 7.71. The predicted octanol–water partition coefficient (Wildman–Crippen LogP) is 6.06. The summed E-state index contributed by atoms with van der Waals surface area (Å²) in [6.07, 6.45) is 0. The molecule has 0 amide bonds. The first-order chi connectivity index (χ1) is 12.8. The molecule has 0 saturated heterocycles. The summed E-state index contributed by atoms with van der Waals surface area (Å²) in [6, 6.07) is 25.6. The Bertz CT molecular complexity index is 1110. The Labute approximate surface area is 160 Å². The van der Waals surface area contributed by atoms with Gasteiger partial charge in [-0.15, -0.1) is 10.2 Å². The van der Waals surface area contributed by atoms with Crippen molar-refractivity contribution < 1.29 is 0 Å². The Hall–Kier alpha value is -3.00. The molecule has 4 rings (SSSR count). The number of hydrogen-bond donors (Lipinski definition) is 0. The van der Waals surface area contributed by atoms with Crippen LogP contribution < -0.4 is 0 Å². The van der Waals surface area contributed by atoms with Gasteiger partial charge in [-0.1, -0.05) is 83.6 Å². The Kier molecular flexibility index (Phi) is 4.49. The molecular weight excluding hydrogens is 362 g/mol. The van der Waals surface area contributed by atoms with E-state index in [0.717, 1.165) is 32.3 Å². The average Bonchev–Trinajstić information content (AvgIpc) is 3.19. The minimum atomic E-state index is 0.456. The molecule has 26 heavy (non-hydrogen) atoms. The number of halogens is 1. The van der Waals surface area contributed by atoms with Crippen molar-refractivity contribution in [2.24, 2.45) is 0 Å². The molecule has 0 N–H and O–H groups in total. The Morgan fingerprint density at radius 1 is 0.769 bits per heavy atom. The molecule has 1 aromatic heterocycles. The number of aromatic nitrogens is 2. The van der Waals surface area contributed by atoms with Crippen molar-refractivity contribution >= 4 is 22.9 Å². The maximum Gasteiger partial charge on any atom is 0.148 e. The van der Waals surface area contributed by atoms with Gasteiger partial charge in [-0.25, -0.2) is 0 Å². The average molecular weight is 374 g/mol. The van der Waals surface area contributed by atoms with E-state index < -0.39 is 0 Å². The first-order valence-electron chi connectivity index (χ1n) is 7.94. The Morgan fingerprint density at radius 2 is 1.42 bits per heavy atom. The fraction of sp³-hybridized carbons (Fsp3) is 0. The molecule has 0 aliphatic carbocycles. The lowest BCUT2D eigenvalue weighted by molar-refractivity contribution is 1.10. The fourth-order valence-corrected chi connectivity index (χ4v) is 3.80. The van der Waals surface area contributed by atoms with Gasteiger partial charge in [0, 0.05) is 16.7 Å². The van der Waals surface area contributed by atoms with Gasteiger partial charge in [-0.3, -0.25) is 0 Å². The highest BCUT2D eigenvalue weighted by Crippen LogP contribution is 2.34. The summed E-state index contributed by atoms with van der Waals surface area (Å²) in [5.74, 6) is 0. The smallest absolute Gasteiger partial charge is 0.148 e. The highest BCUT2D eigenvalue weighted by Gasteiger charge is 2.12. The molecular formula is C21H12ClN3S. The summed E-state index contributed by atoms with van der Waals surface area (Å²) in [4.78, 5) is 0. The van der Waals surface area contributed by atoms with Gasteiger partial charge in [-0.05, 0) is 17.7 Å². The van der Waals surface area contributed by atoms with Crippen LogP contribution in [0.15, 0.2) is 72.8 Å². The number of hydrogen-bond acceptors (Lipinski definition) is 4. The van der Waals surface area contributed by atoms with Crippen LogP contribution in [0.3, 0.4) is 0 Å². The molecule has 0 atom stereocenters. The van der Waals surface area contributed by atoms with E-state index in [4.69, 9.17) is 11.6 Å². The van der Waals surface area contributed by atoms with Crippen molar-refractivity contribution in [3.8, 4) is 38.3 Å². The summed E-state index contributed by atoms with van der Waals surface area (Å²) < 4.78 is 0. The molecule has 0 spiro atoms. The number of rotatable bonds is 3. The van der Waals surface area contributed by atoms with E-state index in [1.54, 1.807) is 17.4 Å². The molecule has 0 aliphatic rings. The van der Waals surface area contributed by atoms with E-state index in [-0.39, 0.29) is 0 Å². The van der Waals surface area contributed by atoms with Crippen molar-refractivity contribution in [1.82, 2.24) is 10.2 Å². The number of benzene rings is 3. The maximum absolute atomic E-state index is 9.42. The van der Waals surface area contributed by atoms with Crippen LogP contribution in [0.1, 0.15) is 5.56 Å². The molecule has 0 bridgehead atoms. The lowest BCUT2D eigenvalue weighted by atomic mass is 9.99. The second-order valence-electron chi connectivity index (χ2n) is 5.63. The first-order valence-corrected chi connectivity index (χ1v) is 9.14. The Morgan fingerprint density at radius 3 is 2.19 bits per heavy atom. The normalized spacial score (nSPS) is 10.5. The van der Waals surface area contributed by atoms with Crippen molar-refractivity contribution in [3.63, 3.8) is 0 Å². The van der Waals surface area contributed by atoms with Gasteiger partial charge in [0.2, 0.25) is 0 Å². The second-order valence-corrected chi connectivity index (χ2v) is 7.02. The number of nitrogens with zero attached hydrogens (tertiary/aromatic N) is 3.